The number of esters is 1. The third kappa shape index (κ3) is 5.16. The first kappa shape index (κ1) is 18.2. The molecule has 0 bridgehead atoms. The van der Waals surface area contributed by atoms with Crippen molar-refractivity contribution in [1.82, 2.24) is 15.0 Å². The Morgan fingerprint density at radius 1 is 1.08 bits per heavy atom. The first-order chi connectivity index (χ1) is 11.9. The monoisotopic (exact) mass is 363 g/mol. The zero-order valence-electron chi connectivity index (χ0n) is 12.4. The van der Waals surface area contributed by atoms with Crippen LogP contribution in [0, 0.1) is 0 Å². The van der Waals surface area contributed by atoms with Crippen LogP contribution in [0.3, 0.4) is 0 Å². The molecule has 0 saturated heterocycles. The highest BCUT2D eigenvalue weighted by Gasteiger charge is 2.19. The van der Waals surface area contributed by atoms with E-state index in [-0.39, 0.29) is 11.4 Å². The van der Waals surface area contributed by atoms with Crippen LogP contribution < -0.4 is 14.2 Å². The maximum Gasteiger partial charge on any atom is 0.388 e. The van der Waals surface area contributed by atoms with Crippen molar-refractivity contribution >= 4 is 5.97 Å². The lowest BCUT2D eigenvalue weighted by Gasteiger charge is -2.11. The van der Waals surface area contributed by atoms with Crippen molar-refractivity contribution < 1.29 is 41.3 Å². The molecule has 0 fully saturated rings. The summed E-state index contributed by atoms with van der Waals surface area (Å²) in [7, 11) is 1.10. The Labute approximate surface area is 137 Å². The van der Waals surface area contributed by atoms with E-state index in [0.717, 1.165) is 7.11 Å². The maximum absolute atomic E-state index is 12.3. The van der Waals surface area contributed by atoms with Gasteiger partial charge in [0.2, 0.25) is 11.8 Å². The molecule has 0 N–H and O–H groups in total. The predicted molar refractivity (Wildman–Crippen MR) is 70.9 cm³/mol. The van der Waals surface area contributed by atoms with E-state index in [1.165, 1.54) is 18.3 Å². The first-order valence-electron chi connectivity index (χ1n) is 6.39. The highest BCUT2D eigenvalue weighted by atomic mass is 19.3. The van der Waals surface area contributed by atoms with Gasteiger partial charge < -0.3 is 18.9 Å². The molecule has 0 aliphatic heterocycles. The van der Waals surface area contributed by atoms with Crippen LogP contribution in [0.1, 0.15) is 10.5 Å². The summed E-state index contributed by atoms with van der Waals surface area (Å²) < 4.78 is 66.9. The van der Waals surface area contributed by atoms with Crippen molar-refractivity contribution in [1.29, 1.82) is 0 Å². The fourth-order valence-electron chi connectivity index (χ4n) is 1.55. The van der Waals surface area contributed by atoms with Crippen LogP contribution in [0.25, 0.3) is 0 Å². The van der Waals surface area contributed by atoms with E-state index in [1.54, 1.807) is 0 Å². The zero-order valence-corrected chi connectivity index (χ0v) is 12.4. The second-order valence-electron chi connectivity index (χ2n) is 4.03. The number of pyridine rings is 1. The van der Waals surface area contributed by atoms with Crippen molar-refractivity contribution in [3.63, 3.8) is 0 Å². The summed E-state index contributed by atoms with van der Waals surface area (Å²) in [4.78, 5) is 22.2. The number of halogens is 4. The molecule has 12 heteroatoms. The minimum absolute atomic E-state index is 0.202. The Hall–Kier alpha value is -3.18. The molecule has 0 aliphatic rings. The molecule has 2 aromatic heterocycles. The maximum atomic E-state index is 12.3. The van der Waals surface area contributed by atoms with Gasteiger partial charge in [0, 0.05) is 6.20 Å². The van der Waals surface area contributed by atoms with Crippen LogP contribution in [0.4, 0.5) is 17.6 Å². The summed E-state index contributed by atoms with van der Waals surface area (Å²) in [6, 6.07) is 2.59. The fraction of sp³-hybridized carbons (Fsp3) is 0.231. The largest absolute Gasteiger partial charge is 0.464 e. The van der Waals surface area contributed by atoms with Crippen LogP contribution >= 0.6 is 0 Å². The van der Waals surface area contributed by atoms with Gasteiger partial charge in [-0.15, -0.1) is 0 Å². The summed E-state index contributed by atoms with van der Waals surface area (Å²) in [6.45, 7) is -6.54. The Morgan fingerprint density at radius 2 is 1.68 bits per heavy atom. The molecule has 2 rings (SSSR count). The number of nitrogens with zero attached hydrogens (tertiary/aromatic N) is 3. The molecular weight excluding hydrogens is 354 g/mol. The second kappa shape index (κ2) is 8.08. The molecule has 2 aromatic rings. The van der Waals surface area contributed by atoms with Gasteiger partial charge in [-0.1, -0.05) is 0 Å². The lowest BCUT2D eigenvalue weighted by molar-refractivity contribution is -0.0585. The highest BCUT2D eigenvalue weighted by Crippen LogP contribution is 2.27. The summed E-state index contributed by atoms with van der Waals surface area (Å²) >= 11 is 0. The topological polar surface area (TPSA) is 92.7 Å². The van der Waals surface area contributed by atoms with Crippen molar-refractivity contribution in [2.75, 3.05) is 7.11 Å². The minimum atomic E-state index is -3.27. The van der Waals surface area contributed by atoms with E-state index < -0.39 is 37.0 Å². The van der Waals surface area contributed by atoms with Gasteiger partial charge >= 0.3 is 25.2 Å². The Balaban J connectivity index is 2.36. The molecule has 8 nitrogen and oxygen atoms in total. The van der Waals surface area contributed by atoms with E-state index in [1.807, 2.05) is 0 Å². The van der Waals surface area contributed by atoms with Crippen molar-refractivity contribution in [2.45, 2.75) is 13.2 Å². The van der Waals surface area contributed by atoms with Gasteiger partial charge in [0.05, 0.1) is 13.2 Å². The van der Waals surface area contributed by atoms with Crippen LogP contribution in [0.5, 0.6) is 23.5 Å². The van der Waals surface area contributed by atoms with E-state index in [9.17, 15) is 22.4 Å². The smallest absolute Gasteiger partial charge is 0.388 e. The number of rotatable bonds is 7. The molecule has 0 aliphatic carbocycles. The molecule has 0 radical (unpaired) electrons. The van der Waals surface area contributed by atoms with E-state index in [0.29, 0.717) is 6.07 Å². The van der Waals surface area contributed by atoms with Crippen molar-refractivity contribution in [3.05, 3.63) is 30.1 Å². The molecule has 0 unspecified atom stereocenters. The van der Waals surface area contributed by atoms with Gasteiger partial charge in [0.1, 0.15) is 0 Å². The minimum Gasteiger partial charge on any atom is -0.464 e. The molecular formula is C13H9F4N3O5. The van der Waals surface area contributed by atoms with Crippen LogP contribution in [0.2, 0.25) is 0 Å². The van der Waals surface area contributed by atoms with Crippen LogP contribution in [0.15, 0.2) is 24.4 Å². The molecule has 0 atom stereocenters. The third-order valence-corrected chi connectivity index (χ3v) is 2.43. The normalized spacial score (nSPS) is 10.7. The van der Waals surface area contributed by atoms with Gasteiger partial charge in [0.15, 0.2) is 11.4 Å². The number of methoxy groups -OCH3 is 1. The molecule has 2 heterocycles. The Morgan fingerprint density at radius 3 is 2.20 bits per heavy atom. The van der Waals surface area contributed by atoms with E-state index in [4.69, 9.17) is 4.74 Å². The SMILES string of the molecule is COC(=O)c1ncccc1Oc1nc(OC(F)F)cc(OC(F)F)n1. The lowest BCUT2D eigenvalue weighted by atomic mass is 10.3. The molecule has 0 aromatic carbocycles. The number of carbonyl (C=O) groups is 1. The molecule has 0 amide bonds. The Kier molecular flexibility index (Phi) is 5.87. The third-order valence-electron chi connectivity index (χ3n) is 2.43. The van der Waals surface area contributed by atoms with Gasteiger partial charge in [0.25, 0.3) is 0 Å². The second-order valence-corrected chi connectivity index (χ2v) is 4.03. The average molecular weight is 363 g/mol. The van der Waals surface area contributed by atoms with Gasteiger partial charge in [-0.25, -0.2) is 9.78 Å². The molecule has 134 valence electrons. The standard InChI is InChI=1S/C13H9F4N3O5/c1-22-10(21)9-6(3-2-4-18-9)23-13-19-7(24-11(14)15)5-8(20-13)25-12(16)17/h2-5,11-12H,1H3. The van der Waals surface area contributed by atoms with E-state index in [2.05, 4.69) is 29.2 Å². The number of aromatic nitrogens is 3. The van der Waals surface area contributed by atoms with Gasteiger partial charge in [-0.3, -0.25) is 0 Å². The zero-order chi connectivity index (χ0) is 18.4. The van der Waals surface area contributed by atoms with Gasteiger partial charge in [-0.05, 0) is 12.1 Å². The Bertz CT molecular complexity index is 719. The predicted octanol–water partition coefficient (Wildman–Crippen LogP) is 2.65. The number of hydrogen-bond acceptors (Lipinski definition) is 8. The number of ether oxygens (including phenoxy) is 4. The summed E-state index contributed by atoms with van der Waals surface area (Å²) in [6.07, 6.45) is 1.27. The molecule has 0 spiro atoms. The summed E-state index contributed by atoms with van der Waals surface area (Å²) in [5, 5.41) is 0. The average Bonchev–Trinajstić information content (AvgIpc) is 2.53. The first-order valence-corrected chi connectivity index (χ1v) is 6.39. The van der Waals surface area contributed by atoms with Crippen molar-refractivity contribution in [3.8, 4) is 23.5 Å². The number of alkyl halides is 4. The number of hydrogen-bond donors (Lipinski definition) is 0. The van der Waals surface area contributed by atoms with E-state index >= 15 is 0 Å². The quantitative estimate of drug-likeness (QED) is 0.548. The molecule has 0 saturated carbocycles. The van der Waals surface area contributed by atoms with Crippen LogP contribution in [-0.4, -0.2) is 41.3 Å². The number of carbonyl (C=O) groups excluding carboxylic acids is 1. The lowest BCUT2D eigenvalue weighted by Crippen LogP contribution is -2.10. The fourth-order valence-corrected chi connectivity index (χ4v) is 1.55. The van der Waals surface area contributed by atoms with Crippen molar-refractivity contribution in [2.24, 2.45) is 0 Å². The van der Waals surface area contributed by atoms with Crippen LogP contribution in [-0.2, 0) is 4.74 Å². The highest BCUT2D eigenvalue weighted by molar-refractivity contribution is 5.90. The summed E-state index contributed by atoms with van der Waals surface area (Å²) in [5.41, 5.74) is -0.273. The van der Waals surface area contributed by atoms with Gasteiger partial charge in [-0.2, -0.15) is 27.5 Å². The summed E-state index contributed by atoms with van der Waals surface area (Å²) in [5.74, 6) is -2.62. The molecule has 25 heavy (non-hydrogen) atoms.